The molecule has 2 atom stereocenters. The standard InChI is InChI=1S/C15H19N5O2/c1-10-4-12(20-9-17-8-19-20)2-3-13(10)15(22)18-6-11-5-16-7-14(11)21/h2-4,8-9,11,14,16,21H,5-7H2,1H3,(H,18,22). The normalized spacial score (nSPS) is 21.0. The third-order valence-electron chi connectivity index (χ3n) is 3.97. The third kappa shape index (κ3) is 3.00. The third-order valence-corrected chi connectivity index (χ3v) is 3.97. The Kier molecular flexibility index (Phi) is 4.17. The molecular weight excluding hydrogens is 282 g/mol. The molecule has 1 aromatic carbocycles. The summed E-state index contributed by atoms with van der Waals surface area (Å²) < 4.78 is 1.65. The summed E-state index contributed by atoms with van der Waals surface area (Å²) in [5.41, 5.74) is 2.36. The van der Waals surface area contributed by atoms with Crippen LogP contribution < -0.4 is 10.6 Å². The molecule has 7 heteroatoms. The second kappa shape index (κ2) is 6.25. The summed E-state index contributed by atoms with van der Waals surface area (Å²) in [5, 5.41) is 19.8. The van der Waals surface area contributed by atoms with Gasteiger partial charge < -0.3 is 15.7 Å². The Morgan fingerprint density at radius 3 is 3.00 bits per heavy atom. The van der Waals surface area contributed by atoms with E-state index in [1.165, 1.54) is 6.33 Å². The molecule has 0 spiro atoms. The van der Waals surface area contributed by atoms with E-state index < -0.39 is 6.10 Å². The molecular formula is C15H19N5O2. The predicted octanol–water partition coefficient (Wildman–Crippen LogP) is -0.114. The second-order valence-electron chi connectivity index (χ2n) is 5.53. The summed E-state index contributed by atoms with van der Waals surface area (Å²) in [7, 11) is 0. The smallest absolute Gasteiger partial charge is 0.251 e. The number of benzene rings is 1. The lowest BCUT2D eigenvalue weighted by Gasteiger charge is -2.15. The number of aliphatic hydroxyl groups excluding tert-OH is 1. The van der Waals surface area contributed by atoms with Crippen LogP contribution in [0.15, 0.2) is 30.9 Å². The van der Waals surface area contributed by atoms with Crippen molar-refractivity contribution in [1.29, 1.82) is 0 Å². The topological polar surface area (TPSA) is 92.1 Å². The van der Waals surface area contributed by atoms with E-state index in [0.717, 1.165) is 17.8 Å². The second-order valence-corrected chi connectivity index (χ2v) is 5.53. The number of nitrogens with one attached hydrogen (secondary N) is 2. The van der Waals surface area contributed by atoms with Crippen LogP contribution >= 0.6 is 0 Å². The van der Waals surface area contributed by atoms with Gasteiger partial charge in [-0.25, -0.2) is 9.67 Å². The Bertz CT molecular complexity index is 656. The molecule has 7 nitrogen and oxygen atoms in total. The van der Waals surface area contributed by atoms with Crippen LogP contribution in [-0.4, -0.2) is 51.5 Å². The van der Waals surface area contributed by atoms with Crippen molar-refractivity contribution >= 4 is 5.91 Å². The van der Waals surface area contributed by atoms with Gasteiger partial charge in [0.1, 0.15) is 12.7 Å². The van der Waals surface area contributed by atoms with Gasteiger partial charge in [-0.2, -0.15) is 5.10 Å². The first-order valence-corrected chi connectivity index (χ1v) is 7.28. The highest BCUT2D eigenvalue weighted by Crippen LogP contribution is 2.14. The highest BCUT2D eigenvalue weighted by Gasteiger charge is 2.25. The number of nitrogens with zero attached hydrogens (tertiary/aromatic N) is 3. The van der Waals surface area contributed by atoms with Gasteiger partial charge in [-0.3, -0.25) is 4.79 Å². The lowest BCUT2D eigenvalue weighted by Crippen LogP contribution is -2.34. The Labute approximate surface area is 128 Å². The Hall–Kier alpha value is -2.25. The van der Waals surface area contributed by atoms with Crippen LogP contribution in [0.4, 0.5) is 0 Å². The van der Waals surface area contributed by atoms with Crippen LogP contribution in [-0.2, 0) is 0 Å². The summed E-state index contributed by atoms with van der Waals surface area (Å²) in [5.74, 6) is -0.0552. The fraction of sp³-hybridized carbons (Fsp3) is 0.400. The number of aliphatic hydroxyl groups is 1. The summed E-state index contributed by atoms with van der Waals surface area (Å²) in [6.45, 7) is 3.68. The van der Waals surface area contributed by atoms with Gasteiger partial charge >= 0.3 is 0 Å². The molecule has 3 N–H and O–H groups in total. The van der Waals surface area contributed by atoms with Crippen LogP contribution in [0.25, 0.3) is 5.69 Å². The maximum atomic E-state index is 12.3. The first-order valence-electron chi connectivity index (χ1n) is 7.28. The molecule has 1 aliphatic heterocycles. The number of hydrogen-bond acceptors (Lipinski definition) is 5. The molecule has 1 aliphatic rings. The first kappa shape index (κ1) is 14.7. The average molecular weight is 301 g/mol. The summed E-state index contributed by atoms with van der Waals surface area (Å²) in [6, 6.07) is 5.52. The van der Waals surface area contributed by atoms with Gasteiger partial charge in [0.25, 0.3) is 5.91 Å². The fourth-order valence-corrected chi connectivity index (χ4v) is 2.63. The van der Waals surface area contributed by atoms with E-state index in [4.69, 9.17) is 0 Å². The number of hydrogen-bond donors (Lipinski definition) is 3. The van der Waals surface area contributed by atoms with Crippen molar-refractivity contribution < 1.29 is 9.90 Å². The number of rotatable bonds is 4. The summed E-state index contributed by atoms with van der Waals surface area (Å²) >= 11 is 0. The van der Waals surface area contributed by atoms with E-state index in [2.05, 4.69) is 20.7 Å². The van der Waals surface area contributed by atoms with Crippen molar-refractivity contribution in [2.24, 2.45) is 5.92 Å². The van der Waals surface area contributed by atoms with E-state index in [-0.39, 0.29) is 11.8 Å². The molecule has 2 heterocycles. The van der Waals surface area contributed by atoms with Crippen molar-refractivity contribution in [2.45, 2.75) is 13.0 Å². The number of β-amino-alcohol motifs (C(OH)–C–C–N with tert-alkyl or cyclic N) is 1. The highest BCUT2D eigenvalue weighted by molar-refractivity contribution is 5.95. The van der Waals surface area contributed by atoms with Crippen molar-refractivity contribution in [3.63, 3.8) is 0 Å². The molecule has 0 bridgehead atoms. The lowest BCUT2D eigenvalue weighted by molar-refractivity contribution is 0.0926. The van der Waals surface area contributed by atoms with Crippen LogP contribution in [0.3, 0.4) is 0 Å². The van der Waals surface area contributed by atoms with Gasteiger partial charge in [0.15, 0.2) is 0 Å². The average Bonchev–Trinajstić information content (AvgIpc) is 3.16. The molecule has 1 amide bonds. The van der Waals surface area contributed by atoms with E-state index in [1.54, 1.807) is 17.1 Å². The molecule has 2 aromatic rings. The molecule has 2 unspecified atom stereocenters. The minimum Gasteiger partial charge on any atom is -0.391 e. The molecule has 3 rings (SSSR count). The highest BCUT2D eigenvalue weighted by atomic mass is 16.3. The SMILES string of the molecule is Cc1cc(-n2cncn2)ccc1C(=O)NCC1CNCC1O. The van der Waals surface area contributed by atoms with E-state index >= 15 is 0 Å². The summed E-state index contributed by atoms with van der Waals surface area (Å²) in [6.07, 6.45) is 2.69. The van der Waals surface area contributed by atoms with E-state index in [1.807, 2.05) is 19.1 Å². The van der Waals surface area contributed by atoms with Crippen LogP contribution in [0, 0.1) is 12.8 Å². The molecule has 0 radical (unpaired) electrons. The predicted molar refractivity (Wildman–Crippen MR) is 80.8 cm³/mol. The minimum atomic E-state index is -0.393. The van der Waals surface area contributed by atoms with E-state index in [0.29, 0.717) is 18.7 Å². The van der Waals surface area contributed by atoms with Gasteiger partial charge in [-0.15, -0.1) is 0 Å². The molecule has 116 valence electrons. The molecule has 1 fully saturated rings. The number of carbonyl (C=O) groups is 1. The van der Waals surface area contributed by atoms with Gasteiger partial charge in [0.2, 0.25) is 0 Å². The Balaban J connectivity index is 1.67. The van der Waals surface area contributed by atoms with Crippen molar-refractivity contribution in [2.75, 3.05) is 19.6 Å². The molecule has 1 aromatic heterocycles. The van der Waals surface area contributed by atoms with Gasteiger partial charge in [0, 0.05) is 31.1 Å². The first-order chi connectivity index (χ1) is 10.6. The van der Waals surface area contributed by atoms with Crippen molar-refractivity contribution in [3.8, 4) is 5.69 Å². The minimum absolute atomic E-state index is 0.0682. The Morgan fingerprint density at radius 1 is 1.50 bits per heavy atom. The zero-order valence-corrected chi connectivity index (χ0v) is 12.4. The van der Waals surface area contributed by atoms with Gasteiger partial charge in [-0.05, 0) is 30.7 Å². The largest absolute Gasteiger partial charge is 0.391 e. The van der Waals surface area contributed by atoms with E-state index in [9.17, 15) is 9.90 Å². The zero-order chi connectivity index (χ0) is 15.5. The molecule has 0 aliphatic carbocycles. The van der Waals surface area contributed by atoms with Crippen molar-refractivity contribution in [3.05, 3.63) is 42.0 Å². The lowest BCUT2D eigenvalue weighted by atomic mass is 10.0. The van der Waals surface area contributed by atoms with Gasteiger partial charge in [-0.1, -0.05) is 0 Å². The van der Waals surface area contributed by atoms with Crippen LogP contribution in [0.2, 0.25) is 0 Å². The molecule has 0 saturated carbocycles. The zero-order valence-electron chi connectivity index (χ0n) is 12.4. The molecule has 22 heavy (non-hydrogen) atoms. The van der Waals surface area contributed by atoms with Gasteiger partial charge in [0.05, 0.1) is 11.8 Å². The van der Waals surface area contributed by atoms with Crippen LogP contribution in [0.5, 0.6) is 0 Å². The molecule has 1 saturated heterocycles. The number of carbonyl (C=O) groups excluding carboxylic acids is 1. The maximum Gasteiger partial charge on any atom is 0.251 e. The number of aromatic nitrogens is 3. The number of amides is 1. The monoisotopic (exact) mass is 301 g/mol. The Morgan fingerprint density at radius 2 is 2.36 bits per heavy atom. The van der Waals surface area contributed by atoms with Crippen LogP contribution in [0.1, 0.15) is 15.9 Å². The fourth-order valence-electron chi connectivity index (χ4n) is 2.63. The summed E-state index contributed by atoms with van der Waals surface area (Å²) in [4.78, 5) is 16.2. The van der Waals surface area contributed by atoms with Crippen molar-refractivity contribution in [1.82, 2.24) is 25.4 Å². The quantitative estimate of drug-likeness (QED) is 0.732. The maximum absolute atomic E-state index is 12.3. The number of aryl methyl sites for hydroxylation is 1.